The predicted molar refractivity (Wildman–Crippen MR) is 72.1 cm³/mol. The number of rotatable bonds is 8. The fraction of sp³-hybridized carbons (Fsp3) is 0.500. The summed E-state index contributed by atoms with van der Waals surface area (Å²) in [7, 11) is 1.67. The van der Waals surface area contributed by atoms with E-state index in [2.05, 4.69) is 0 Å². The Kier molecular flexibility index (Phi) is 6.92. The Labute approximate surface area is 113 Å². The lowest BCUT2D eigenvalue weighted by Crippen LogP contribution is -2.37. The lowest BCUT2D eigenvalue weighted by molar-refractivity contribution is -0.145. The van der Waals surface area contributed by atoms with Crippen molar-refractivity contribution in [1.82, 2.24) is 0 Å². The molecule has 2 N–H and O–H groups in total. The van der Waals surface area contributed by atoms with E-state index in [-0.39, 0.29) is 6.61 Å². The van der Waals surface area contributed by atoms with E-state index in [0.29, 0.717) is 19.0 Å². The summed E-state index contributed by atoms with van der Waals surface area (Å²) in [6, 6.07) is 6.87. The molecule has 1 rings (SSSR count). The Hall–Kier alpha value is -1.59. The van der Waals surface area contributed by atoms with Gasteiger partial charge in [0.25, 0.3) is 0 Å². The van der Waals surface area contributed by atoms with E-state index >= 15 is 0 Å². The molecule has 0 heterocycles. The summed E-state index contributed by atoms with van der Waals surface area (Å²) in [6.07, 6.45) is 0.860. The molecular weight excluding hydrogens is 246 g/mol. The average molecular weight is 267 g/mol. The molecule has 0 saturated carbocycles. The van der Waals surface area contributed by atoms with Crippen LogP contribution in [0.15, 0.2) is 24.3 Å². The highest BCUT2D eigenvalue weighted by Crippen LogP contribution is 2.12. The Bertz CT molecular complexity index is 378. The van der Waals surface area contributed by atoms with Gasteiger partial charge in [-0.3, -0.25) is 4.79 Å². The van der Waals surface area contributed by atoms with Gasteiger partial charge >= 0.3 is 5.97 Å². The predicted octanol–water partition coefficient (Wildman–Crippen LogP) is 1.14. The zero-order valence-corrected chi connectivity index (χ0v) is 11.4. The number of carbonyl (C=O) groups excluding carboxylic acids is 1. The summed E-state index contributed by atoms with van der Waals surface area (Å²) >= 11 is 0. The van der Waals surface area contributed by atoms with Gasteiger partial charge in [0, 0.05) is 7.11 Å². The minimum atomic E-state index is -0.756. The van der Waals surface area contributed by atoms with Crippen LogP contribution in [0.4, 0.5) is 0 Å². The number of hydrogen-bond donors (Lipinski definition) is 1. The van der Waals surface area contributed by atoms with E-state index in [9.17, 15) is 4.79 Å². The van der Waals surface area contributed by atoms with Crippen LogP contribution in [-0.2, 0) is 20.7 Å². The highest BCUT2D eigenvalue weighted by atomic mass is 16.5. The molecule has 0 aromatic heterocycles. The molecule has 0 aliphatic carbocycles. The van der Waals surface area contributed by atoms with Crippen molar-refractivity contribution in [1.29, 1.82) is 0 Å². The molecule has 1 unspecified atom stereocenters. The normalized spacial score (nSPS) is 11.9. The lowest BCUT2D eigenvalue weighted by atomic mass is 10.1. The van der Waals surface area contributed by atoms with Gasteiger partial charge in [-0.15, -0.1) is 0 Å². The minimum absolute atomic E-state index is 0.107. The molecule has 5 nitrogen and oxygen atoms in total. The first kappa shape index (κ1) is 15.5. The van der Waals surface area contributed by atoms with Crippen molar-refractivity contribution in [2.75, 3.05) is 26.9 Å². The number of hydrogen-bond acceptors (Lipinski definition) is 5. The zero-order chi connectivity index (χ0) is 14.1. The van der Waals surface area contributed by atoms with Crippen molar-refractivity contribution >= 4 is 5.97 Å². The number of carbonyl (C=O) groups is 1. The molecule has 5 heteroatoms. The monoisotopic (exact) mass is 267 g/mol. The standard InChI is InChI=1S/C14H21NO4/c1-3-18-14(16)13(15)10-19-12-6-4-11(5-7-12)8-9-17-2/h4-7,13H,3,8-10,15H2,1-2H3. The fourth-order valence-corrected chi connectivity index (χ4v) is 1.48. The van der Waals surface area contributed by atoms with E-state index in [1.807, 2.05) is 24.3 Å². The van der Waals surface area contributed by atoms with E-state index in [1.165, 1.54) is 5.56 Å². The van der Waals surface area contributed by atoms with Crippen LogP contribution in [0.25, 0.3) is 0 Å². The SMILES string of the molecule is CCOC(=O)C(N)COc1ccc(CCOC)cc1. The van der Waals surface area contributed by atoms with Crippen LogP contribution in [0.5, 0.6) is 5.75 Å². The van der Waals surface area contributed by atoms with Gasteiger partial charge in [0.2, 0.25) is 0 Å². The summed E-state index contributed by atoms with van der Waals surface area (Å²) in [5.41, 5.74) is 6.80. The number of nitrogens with two attached hydrogens (primary N) is 1. The molecular formula is C14H21NO4. The molecule has 1 aromatic rings. The first-order valence-electron chi connectivity index (χ1n) is 6.30. The van der Waals surface area contributed by atoms with Crippen LogP contribution in [-0.4, -0.2) is 38.9 Å². The maximum absolute atomic E-state index is 11.3. The minimum Gasteiger partial charge on any atom is -0.491 e. The maximum Gasteiger partial charge on any atom is 0.326 e. The van der Waals surface area contributed by atoms with E-state index in [1.54, 1.807) is 14.0 Å². The van der Waals surface area contributed by atoms with Crippen LogP contribution >= 0.6 is 0 Å². The highest BCUT2D eigenvalue weighted by molar-refractivity contribution is 5.75. The molecule has 0 spiro atoms. The van der Waals surface area contributed by atoms with Crippen molar-refractivity contribution in [3.05, 3.63) is 29.8 Å². The van der Waals surface area contributed by atoms with Crippen LogP contribution < -0.4 is 10.5 Å². The second-order valence-electron chi connectivity index (χ2n) is 4.06. The van der Waals surface area contributed by atoms with Gasteiger partial charge in [-0.2, -0.15) is 0 Å². The highest BCUT2D eigenvalue weighted by Gasteiger charge is 2.15. The number of ether oxygens (including phenoxy) is 3. The lowest BCUT2D eigenvalue weighted by Gasteiger charge is -2.12. The van der Waals surface area contributed by atoms with Gasteiger partial charge < -0.3 is 19.9 Å². The summed E-state index contributed by atoms with van der Waals surface area (Å²) in [4.78, 5) is 11.3. The maximum atomic E-state index is 11.3. The van der Waals surface area contributed by atoms with Gasteiger partial charge in [0.05, 0.1) is 13.2 Å². The molecule has 19 heavy (non-hydrogen) atoms. The molecule has 106 valence electrons. The Balaban J connectivity index is 2.39. The molecule has 0 aliphatic heterocycles. The van der Waals surface area contributed by atoms with E-state index in [4.69, 9.17) is 19.9 Å². The second kappa shape index (κ2) is 8.50. The van der Waals surface area contributed by atoms with Crippen molar-refractivity contribution in [3.8, 4) is 5.75 Å². The van der Waals surface area contributed by atoms with Gasteiger partial charge in [-0.25, -0.2) is 0 Å². The average Bonchev–Trinajstić information content (AvgIpc) is 2.43. The molecule has 0 bridgehead atoms. The quantitative estimate of drug-likeness (QED) is 0.715. The smallest absolute Gasteiger partial charge is 0.326 e. The van der Waals surface area contributed by atoms with Crippen LogP contribution in [0.3, 0.4) is 0 Å². The summed E-state index contributed by atoms with van der Waals surface area (Å²) in [6.45, 7) is 2.86. The molecule has 0 aliphatic rings. The van der Waals surface area contributed by atoms with Crippen molar-refractivity contribution in [2.45, 2.75) is 19.4 Å². The number of benzene rings is 1. The zero-order valence-electron chi connectivity index (χ0n) is 11.4. The van der Waals surface area contributed by atoms with Crippen molar-refractivity contribution < 1.29 is 19.0 Å². The van der Waals surface area contributed by atoms with E-state index < -0.39 is 12.0 Å². The van der Waals surface area contributed by atoms with Crippen LogP contribution in [0, 0.1) is 0 Å². The number of methoxy groups -OCH3 is 1. The van der Waals surface area contributed by atoms with Gasteiger partial charge in [0.1, 0.15) is 18.4 Å². The first-order valence-corrected chi connectivity index (χ1v) is 6.30. The van der Waals surface area contributed by atoms with Crippen LogP contribution in [0.1, 0.15) is 12.5 Å². The summed E-state index contributed by atoms with van der Waals surface area (Å²) in [5, 5.41) is 0. The van der Waals surface area contributed by atoms with Crippen LogP contribution in [0.2, 0.25) is 0 Å². The third-order valence-corrected chi connectivity index (χ3v) is 2.54. The Morgan fingerprint density at radius 2 is 2.00 bits per heavy atom. The molecule has 0 amide bonds. The third-order valence-electron chi connectivity index (χ3n) is 2.54. The van der Waals surface area contributed by atoms with Gasteiger partial charge in [0.15, 0.2) is 0 Å². The van der Waals surface area contributed by atoms with Crippen molar-refractivity contribution in [2.24, 2.45) is 5.73 Å². The third kappa shape index (κ3) is 5.72. The van der Waals surface area contributed by atoms with E-state index in [0.717, 1.165) is 6.42 Å². The molecule has 0 saturated heterocycles. The molecule has 0 radical (unpaired) electrons. The fourth-order valence-electron chi connectivity index (χ4n) is 1.48. The first-order chi connectivity index (χ1) is 9.17. The summed E-state index contributed by atoms with van der Waals surface area (Å²) in [5.74, 6) is 0.236. The second-order valence-corrected chi connectivity index (χ2v) is 4.06. The van der Waals surface area contributed by atoms with Gasteiger partial charge in [-0.1, -0.05) is 12.1 Å². The largest absolute Gasteiger partial charge is 0.491 e. The van der Waals surface area contributed by atoms with Crippen molar-refractivity contribution in [3.63, 3.8) is 0 Å². The summed E-state index contributed by atoms with van der Waals surface area (Å²) < 4.78 is 15.2. The Morgan fingerprint density at radius 3 is 2.58 bits per heavy atom. The molecule has 0 fully saturated rings. The van der Waals surface area contributed by atoms with Gasteiger partial charge in [-0.05, 0) is 31.0 Å². The topological polar surface area (TPSA) is 70.8 Å². The molecule has 1 aromatic carbocycles. The molecule has 1 atom stereocenters. The number of esters is 1. The Morgan fingerprint density at radius 1 is 1.32 bits per heavy atom.